The van der Waals surface area contributed by atoms with Crippen molar-refractivity contribution in [3.8, 4) is 11.8 Å². The van der Waals surface area contributed by atoms with Gasteiger partial charge in [0.1, 0.15) is 23.6 Å². The fourth-order valence-corrected chi connectivity index (χ4v) is 13.1. The molecule has 0 bridgehead atoms. The molecule has 3 aromatic carbocycles. The van der Waals surface area contributed by atoms with Crippen molar-refractivity contribution in [2.75, 3.05) is 26.3 Å². The van der Waals surface area contributed by atoms with Crippen molar-refractivity contribution in [3.63, 3.8) is 0 Å². The molecule has 3 saturated heterocycles. The van der Waals surface area contributed by atoms with Gasteiger partial charge < -0.3 is 29.2 Å². The van der Waals surface area contributed by atoms with Crippen LogP contribution in [0.1, 0.15) is 98.3 Å². The smallest absolute Gasteiger partial charge is 0.355 e. The number of carbonyl (C=O) groups excluding carboxylic acids is 4. The molecule has 0 radical (unpaired) electrons. The second-order valence-electron chi connectivity index (χ2n) is 18.1. The Balaban J connectivity index is 0.966. The molecule has 1 aliphatic carbocycles. The van der Waals surface area contributed by atoms with Crippen LogP contribution in [0.4, 0.5) is 4.39 Å². The van der Waals surface area contributed by atoms with E-state index in [1.54, 1.807) is 42.5 Å². The van der Waals surface area contributed by atoms with Gasteiger partial charge in [-0.15, -0.1) is 11.3 Å². The van der Waals surface area contributed by atoms with E-state index in [2.05, 4.69) is 23.4 Å². The van der Waals surface area contributed by atoms with Crippen molar-refractivity contribution >= 4 is 53.0 Å². The van der Waals surface area contributed by atoms with Gasteiger partial charge in [-0.25, -0.2) is 9.48 Å². The molecule has 3 amide bonds. The first-order valence-corrected chi connectivity index (χ1v) is 24.5. The molecule has 1 spiro atoms. The molecule has 3 aliphatic heterocycles. The third-order valence-corrected chi connectivity index (χ3v) is 16.6. The van der Waals surface area contributed by atoms with Crippen LogP contribution in [0.2, 0.25) is 0 Å². The molecule has 63 heavy (non-hydrogen) atoms. The molecule has 15 heteroatoms. The number of ether oxygens (including phenoxy) is 1. The van der Waals surface area contributed by atoms with Gasteiger partial charge in [0.05, 0.1) is 34.9 Å². The summed E-state index contributed by atoms with van der Waals surface area (Å²) < 4.78 is 43.3. The van der Waals surface area contributed by atoms with Crippen molar-refractivity contribution in [2.24, 2.45) is 17.8 Å². The number of aldehydes is 1. The maximum atomic E-state index is 16.7. The summed E-state index contributed by atoms with van der Waals surface area (Å²) in [5.74, 6) is -3.38. The summed E-state index contributed by atoms with van der Waals surface area (Å²) in [6.45, 7) is 6.25. The summed E-state index contributed by atoms with van der Waals surface area (Å²) >= 11 is 1.21. The Labute approximate surface area is 372 Å². The number of fused-ring (bicyclic) bond motifs is 2. The van der Waals surface area contributed by atoms with Gasteiger partial charge in [0, 0.05) is 36.4 Å². The van der Waals surface area contributed by atoms with Gasteiger partial charge in [0.15, 0.2) is 0 Å². The fraction of sp³-hybridized carbons (Fsp3) is 0.479. The lowest BCUT2D eigenvalue weighted by Gasteiger charge is -2.35. The highest BCUT2D eigenvalue weighted by molar-refractivity contribution is 7.57. The fourth-order valence-electron chi connectivity index (χ4n) is 10.1. The van der Waals surface area contributed by atoms with Crippen LogP contribution in [0, 0.1) is 29.1 Å². The number of hydrogen-bond acceptors (Lipinski definition) is 9. The highest BCUT2D eigenvalue weighted by atomic mass is 32.1. The highest BCUT2D eigenvalue weighted by Gasteiger charge is 2.64. The number of thiophene rings is 1. The van der Waals surface area contributed by atoms with E-state index in [-0.39, 0.29) is 66.0 Å². The minimum Gasteiger partial charge on any atom is -0.431 e. The second-order valence-corrected chi connectivity index (χ2v) is 21.2. The normalized spacial score (nSPS) is 26.2. The number of alkyl halides is 1. The lowest BCUT2D eigenvalue weighted by Crippen LogP contribution is -2.54. The molecular formula is C48H55FN5O7PS. The highest BCUT2D eigenvalue weighted by Crippen LogP contribution is 2.60. The molecule has 4 aliphatic rings. The van der Waals surface area contributed by atoms with Crippen LogP contribution in [0.15, 0.2) is 84.9 Å². The maximum Gasteiger partial charge on any atom is 0.355 e. The summed E-state index contributed by atoms with van der Waals surface area (Å²) in [6.07, 6.45) is 5.42. The molecule has 332 valence electrons. The minimum atomic E-state index is -4.50. The molecule has 8 rings (SSSR count). The number of para-hydroxylation sites is 1. The number of carbonyl (C=O) groups is 4. The van der Waals surface area contributed by atoms with E-state index >= 15 is 4.39 Å². The van der Waals surface area contributed by atoms with Gasteiger partial charge in [0.25, 0.3) is 5.91 Å². The second kappa shape index (κ2) is 18.3. The maximum absolute atomic E-state index is 16.7. The van der Waals surface area contributed by atoms with E-state index in [4.69, 9.17) is 9.26 Å². The van der Waals surface area contributed by atoms with Crippen LogP contribution in [0.3, 0.4) is 0 Å². The molecule has 2 unspecified atom stereocenters. The molecular weight excluding hydrogens is 841 g/mol. The summed E-state index contributed by atoms with van der Waals surface area (Å²) in [4.78, 5) is 59.2. The average molecular weight is 896 g/mol. The first kappa shape index (κ1) is 44.7. The van der Waals surface area contributed by atoms with Gasteiger partial charge in [-0.05, 0) is 105 Å². The number of halogens is 1. The van der Waals surface area contributed by atoms with E-state index in [0.29, 0.717) is 53.7 Å². The third-order valence-electron chi connectivity index (χ3n) is 13.3. The first-order chi connectivity index (χ1) is 30.3. The van der Waals surface area contributed by atoms with E-state index in [1.807, 2.05) is 47.1 Å². The zero-order valence-electron chi connectivity index (χ0n) is 35.9. The lowest BCUT2D eigenvalue weighted by molar-refractivity contribution is -0.148. The van der Waals surface area contributed by atoms with Gasteiger partial charge in [0.2, 0.25) is 17.7 Å². The summed E-state index contributed by atoms with van der Waals surface area (Å²) in [6, 6.07) is 26.3. The lowest BCUT2D eigenvalue weighted by atomic mass is 9.85. The third kappa shape index (κ3) is 8.95. The van der Waals surface area contributed by atoms with E-state index in [9.17, 15) is 29.0 Å². The Morgan fingerprint density at radius 1 is 1.08 bits per heavy atom. The largest absolute Gasteiger partial charge is 0.431 e. The van der Waals surface area contributed by atoms with Gasteiger partial charge in [-0.2, -0.15) is 5.26 Å². The summed E-state index contributed by atoms with van der Waals surface area (Å²) in [5.41, 5.74) is -0.936. The average Bonchev–Trinajstić information content (AvgIpc) is 3.65. The predicted octanol–water partition coefficient (Wildman–Crippen LogP) is 8.55. The molecule has 2 N–H and O–H groups in total. The van der Waals surface area contributed by atoms with Gasteiger partial charge >= 0.3 is 7.52 Å². The van der Waals surface area contributed by atoms with Crippen LogP contribution in [-0.2, 0) is 23.7 Å². The van der Waals surface area contributed by atoms with E-state index in [0.717, 1.165) is 31.2 Å². The summed E-state index contributed by atoms with van der Waals surface area (Å²) in [7, 11) is -4.50. The van der Waals surface area contributed by atoms with Crippen molar-refractivity contribution in [1.29, 1.82) is 5.26 Å². The van der Waals surface area contributed by atoms with E-state index < -0.39 is 36.5 Å². The minimum absolute atomic E-state index is 0.0318. The van der Waals surface area contributed by atoms with Crippen molar-refractivity contribution in [1.82, 2.24) is 20.2 Å². The van der Waals surface area contributed by atoms with Crippen LogP contribution in [0.25, 0.3) is 10.1 Å². The number of rotatable bonds is 16. The van der Waals surface area contributed by atoms with Crippen molar-refractivity contribution < 1.29 is 37.4 Å². The number of hydrogen-bond donors (Lipinski definition) is 2. The number of nitrogens with zero attached hydrogens (tertiary/aromatic N) is 3. The summed E-state index contributed by atoms with van der Waals surface area (Å²) in [5, 5.41) is 16.6. The molecule has 4 heterocycles. The molecule has 9 atom stereocenters. The van der Waals surface area contributed by atoms with Crippen molar-refractivity contribution in [2.45, 2.75) is 101 Å². The zero-order chi connectivity index (χ0) is 44.5. The van der Waals surface area contributed by atoms with Crippen LogP contribution in [0.5, 0.6) is 5.75 Å². The number of likely N-dealkylation sites (tertiary alicyclic amines) is 1. The van der Waals surface area contributed by atoms with Gasteiger partial charge in [-0.1, -0.05) is 68.4 Å². The Morgan fingerprint density at radius 3 is 2.49 bits per heavy atom. The molecule has 12 nitrogen and oxygen atoms in total. The molecule has 4 aromatic rings. The zero-order valence-corrected chi connectivity index (χ0v) is 37.6. The molecule has 1 saturated carbocycles. The Kier molecular flexibility index (Phi) is 13.0. The Hall–Kier alpha value is -4.93. The SMILES string of the molecule is CCCOC[C@](C)(C=O)NP(=O)(Oc1ccccc1)[C@H](F)c1ccc2sc(C(=O)NCC3C[C@@H](C)C[C@H]4CC[C@@H](C(=O)N5C[C@H](c6ccccc6)[C@@H](C#N)C56CC6)N4C3=O)cc2c1. The number of amides is 3. The Morgan fingerprint density at radius 2 is 1.81 bits per heavy atom. The molecule has 4 fully saturated rings. The van der Waals surface area contributed by atoms with Gasteiger partial charge in [-0.3, -0.25) is 18.9 Å². The quantitative estimate of drug-likeness (QED) is 0.0639. The van der Waals surface area contributed by atoms with Crippen LogP contribution >= 0.6 is 18.9 Å². The topological polar surface area (TPSA) is 158 Å². The number of benzene rings is 3. The predicted molar refractivity (Wildman–Crippen MR) is 239 cm³/mol. The standard InChI is InChI=1S/C48H55FN5O7PS/c1-4-21-60-30-47(3,29-55)52-62(59,61-37-13-9-6-10-14-37)43(49)33-15-18-41-34(24-33)25-42(63-41)44(56)51-27-35-22-31(2)23-36-16-17-40(54(36)45(35)57)46(58)53-28-38(32-11-7-5-8-12-32)39(26-50)48(53)19-20-48/h5-15,18,24-25,29,31,35-36,38-40,43H,4,16-17,19-23,27-28,30H2,1-3H3,(H,51,56)(H,52,59)/t31-,35?,36-,38-,39-,40+,43+,47+,62?/m1/s1. The van der Waals surface area contributed by atoms with Crippen LogP contribution < -0.4 is 14.9 Å². The van der Waals surface area contributed by atoms with Crippen molar-refractivity contribution in [3.05, 3.63) is 101 Å². The van der Waals surface area contributed by atoms with E-state index in [1.165, 1.54) is 30.4 Å². The Bertz CT molecular complexity index is 2430. The monoisotopic (exact) mass is 895 g/mol. The molecule has 1 aromatic heterocycles. The number of nitriles is 1. The number of nitrogens with one attached hydrogen (secondary N) is 2. The first-order valence-electron chi connectivity index (χ1n) is 22.0. The van der Waals surface area contributed by atoms with Crippen LogP contribution in [-0.4, -0.2) is 83.3 Å².